The molecule has 0 spiro atoms. The molecule has 0 amide bonds. The highest BCUT2D eigenvalue weighted by Crippen LogP contribution is 2.17. The fourth-order valence-corrected chi connectivity index (χ4v) is 2.89. The molecule has 0 unspecified atom stereocenters. The van der Waals surface area contributed by atoms with Crippen molar-refractivity contribution in [3.63, 3.8) is 0 Å². The average Bonchev–Trinajstić information content (AvgIpc) is 2.39. The van der Waals surface area contributed by atoms with Gasteiger partial charge in [-0.2, -0.15) is 13.2 Å². The van der Waals surface area contributed by atoms with Crippen LogP contribution in [0.15, 0.2) is 0 Å². The van der Waals surface area contributed by atoms with Crippen LogP contribution in [0.3, 0.4) is 0 Å². The summed E-state index contributed by atoms with van der Waals surface area (Å²) in [7, 11) is 0. The smallest absolute Gasteiger partial charge is 0.371 e. The van der Waals surface area contributed by atoms with Crippen LogP contribution in [0.4, 0.5) is 13.2 Å². The van der Waals surface area contributed by atoms with E-state index in [0.717, 1.165) is 12.8 Å². The molecule has 1 aliphatic carbocycles. The Labute approximate surface area is 126 Å². The van der Waals surface area contributed by atoms with Crippen molar-refractivity contribution in [2.45, 2.75) is 82.8 Å². The molecule has 126 valence electrons. The molecular weight excluding hydrogens is 279 g/mol. The van der Waals surface area contributed by atoms with Gasteiger partial charge in [-0.15, -0.1) is 0 Å². The number of ether oxygens (including phenoxy) is 1. The van der Waals surface area contributed by atoms with Gasteiger partial charge in [0.25, 0.3) is 0 Å². The first-order valence-electron chi connectivity index (χ1n) is 8.46. The molecule has 0 aromatic carbocycles. The molecule has 0 aromatic rings. The number of nitrogens with one attached hydrogen (secondary N) is 1. The normalized spacial score (nSPS) is 20.7. The van der Waals surface area contributed by atoms with E-state index in [0.29, 0.717) is 12.6 Å². The predicted molar refractivity (Wildman–Crippen MR) is 79.5 cm³/mol. The van der Waals surface area contributed by atoms with E-state index in [9.17, 15) is 13.2 Å². The lowest BCUT2D eigenvalue weighted by Gasteiger charge is -2.19. The molecule has 0 radical (unpaired) electrons. The molecule has 21 heavy (non-hydrogen) atoms. The highest BCUT2D eigenvalue weighted by Gasteiger charge is 2.27. The summed E-state index contributed by atoms with van der Waals surface area (Å²) in [6.07, 6.45) is 9.78. The SMILES string of the molecule is FC(F)(F)COCCNC1CCCCCCCCCCC1. The van der Waals surface area contributed by atoms with E-state index in [2.05, 4.69) is 10.1 Å². The molecule has 0 saturated heterocycles. The van der Waals surface area contributed by atoms with E-state index in [1.165, 1.54) is 57.8 Å². The first-order chi connectivity index (χ1) is 10.1. The number of alkyl halides is 3. The number of halogens is 3. The Hall–Kier alpha value is -0.290. The third-order valence-electron chi connectivity index (χ3n) is 4.05. The summed E-state index contributed by atoms with van der Waals surface area (Å²) in [5.41, 5.74) is 0. The van der Waals surface area contributed by atoms with Gasteiger partial charge in [-0.1, -0.05) is 57.8 Å². The third-order valence-corrected chi connectivity index (χ3v) is 4.05. The summed E-state index contributed by atoms with van der Waals surface area (Å²) < 4.78 is 40.5. The number of hydrogen-bond acceptors (Lipinski definition) is 2. The van der Waals surface area contributed by atoms with E-state index in [1.54, 1.807) is 0 Å². The summed E-state index contributed by atoms with van der Waals surface area (Å²) in [6.45, 7) is -0.490. The molecule has 0 bridgehead atoms. The van der Waals surface area contributed by atoms with Crippen LogP contribution < -0.4 is 5.32 Å². The minimum Gasteiger partial charge on any atom is -0.371 e. The number of hydrogen-bond donors (Lipinski definition) is 1. The zero-order valence-corrected chi connectivity index (χ0v) is 13.0. The molecule has 1 saturated carbocycles. The van der Waals surface area contributed by atoms with Crippen LogP contribution in [0.5, 0.6) is 0 Å². The maximum absolute atomic E-state index is 11.9. The second-order valence-electron chi connectivity index (χ2n) is 6.08. The van der Waals surface area contributed by atoms with Crippen LogP contribution in [0.1, 0.15) is 70.6 Å². The van der Waals surface area contributed by atoms with Crippen molar-refractivity contribution >= 4 is 0 Å². The maximum Gasteiger partial charge on any atom is 0.411 e. The predicted octanol–water partition coefficient (Wildman–Crippen LogP) is 4.83. The molecular formula is C16H30F3NO. The Morgan fingerprint density at radius 3 is 1.76 bits per heavy atom. The number of rotatable bonds is 5. The molecule has 1 rings (SSSR count). The van der Waals surface area contributed by atoms with Gasteiger partial charge in [-0.05, 0) is 12.8 Å². The van der Waals surface area contributed by atoms with Crippen molar-refractivity contribution in [1.82, 2.24) is 5.32 Å². The minimum atomic E-state index is -4.22. The molecule has 0 heterocycles. The topological polar surface area (TPSA) is 21.3 Å². The first-order valence-corrected chi connectivity index (χ1v) is 8.46. The zero-order valence-electron chi connectivity index (χ0n) is 13.0. The van der Waals surface area contributed by atoms with Gasteiger partial charge < -0.3 is 10.1 Å². The highest BCUT2D eigenvalue weighted by molar-refractivity contribution is 4.68. The Bertz CT molecular complexity index is 234. The van der Waals surface area contributed by atoms with E-state index < -0.39 is 12.8 Å². The lowest BCUT2D eigenvalue weighted by atomic mass is 9.98. The Balaban J connectivity index is 2.13. The molecule has 1 N–H and O–H groups in total. The van der Waals surface area contributed by atoms with Crippen LogP contribution in [0, 0.1) is 0 Å². The van der Waals surface area contributed by atoms with Gasteiger partial charge in [0, 0.05) is 12.6 Å². The van der Waals surface area contributed by atoms with Crippen LogP contribution in [0.2, 0.25) is 0 Å². The van der Waals surface area contributed by atoms with Crippen molar-refractivity contribution in [2.24, 2.45) is 0 Å². The van der Waals surface area contributed by atoms with Crippen LogP contribution in [0.25, 0.3) is 0 Å². The molecule has 0 aromatic heterocycles. The second-order valence-corrected chi connectivity index (χ2v) is 6.08. The van der Waals surface area contributed by atoms with E-state index in [1.807, 2.05) is 0 Å². The van der Waals surface area contributed by atoms with Crippen LogP contribution >= 0.6 is 0 Å². The van der Waals surface area contributed by atoms with E-state index >= 15 is 0 Å². The summed E-state index contributed by atoms with van der Waals surface area (Å²) in [6, 6.07) is 0.443. The molecule has 5 heteroatoms. The fourth-order valence-electron chi connectivity index (χ4n) is 2.89. The van der Waals surface area contributed by atoms with Gasteiger partial charge in [-0.25, -0.2) is 0 Å². The minimum absolute atomic E-state index is 0.135. The molecule has 0 aliphatic heterocycles. The third kappa shape index (κ3) is 12.0. The molecule has 1 aliphatic rings. The van der Waals surface area contributed by atoms with Crippen LogP contribution in [-0.4, -0.2) is 32.0 Å². The Morgan fingerprint density at radius 2 is 1.29 bits per heavy atom. The Kier molecular flexibility index (Phi) is 10.1. The standard InChI is InChI=1S/C16H30F3NO/c17-16(18,19)14-21-13-12-20-15-10-8-6-4-2-1-3-5-7-9-11-15/h15,20H,1-14H2. The lowest BCUT2D eigenvalue weighted by Crippen LogP contribution is -2.33. The van der Waals surface area contributed by atoms with Gasteiger partial charge in [0.05, 0.1) is 6.61 Å². The van der Waals surface area contributed by atoms with Gasteiger partial charge in [0.2, 0.25) is 0 Å². The second kappa shape index (κ2) is 11.3. The summed E-state index contributed by atoms with van der Waals surface area (Å²) >= 11 is 0. The Morgan fingerprint density at radius 1 is 0.810 bits per heavy atom. The lowest BCUT2D eigenvalue weighted by molar-refractivity contribution is -0.173. The highest BCUT2D eigenvalue weighted by atomic mass is 19.4. The van der Waals surface area contributed by atoms with Gasteiger partial charge in [-0.3, -0.25) is 0 Å². The van der Waals surface area contributed by atoms with Crippen LogP contribution in [-0.2, 0) is 4.74 Å². The van der Waals surface area contributed by atoms with E-state index in [-0.39, 0.29) is 6.61 Å². The van der Waals surface area contributed by atoms with Gasteiger partial charge >= 0.3 is 6.18 Å². The monoisotopic (exact) mass is 309 g/mol. The van der Waals surface area contributed by atoms with Crippen molar-refractivity contribution in [2.75, 3.05) is 19.8 Å². The first kappa shape index (κ1) is 18.8. The molecule has 2 nitrogen and oxygen atoms in total. The largest absolute Gasteiger partial charge is 0.411 e. The summed E-state index contributed by atoms with van der Waals surface area (Å²) in [4.78, 5) is 0. The van der Waals surface area contributed by atoms with E-state index in [4.69, 9.17) is 0 Å². The van der Waals surface area contributed by atoms with Crippen molar-refractivity contribution in [3.05, 3.63) is 0 Å². The summed E-state index contributed by atoms with van der Waals surface area (Å²) in [5, 5.41) is 3.37. The zero-order chi connectivity index (χ0) is 15.4. The van der Waals surface area contributed by atoms with Gasteiger partial charge in [0.1, 0.15) is 6.61 Å². The summed E-state index contributed by atoms with van der Waals surface area (Å²) in [5.74, 6) is 0. The quantitative estimate of drug-likeness (QED) is 0.735. The van der Waals surface area contributed by atoms with Crippen molar-refractivity contribution < 1.29 is 17.9 Å². The molecule has 1 fully saturated rings. The van der Waals surface area contributed by atoms with Crippen molar-refractivity contribution in [3.8, 4) is 0 Å². The van der Waals surface area contributed by atoms with Crippen molar-refractivity contribution in [1.29, 1.82) is 0 Å². The average molecular weight is 309 g/mol. The van der Waals surface area contributed by atoms with Gasteiger partial charge in [0.15, 0.2) is 0 Å². The molecule has 0 atom stereocenters. The fraction of sp³-hybridized carbons (Fsp3) is 1.00. The maximum atomic E-state index is 11.9.